The molecule has 0 aliphatic carbocycles. The monoisotopic (exact) mass is 356 g/mol. The van der Waals surface area contributed by atoms with Crippen molar-refractivity contribution in [1.82, 2.24) is 9.99 Å². The zero-order chi connectivity index (χ0) is 17.8. The predicted molar refractivity (Wildman–Crippen MR) is 96.6 cm³/mol. The van der Waals surface area contributed by atoms with Crippen LogP contribution in [0.25, 0.3) is 0 Å². The second-order valence-electron chi connectivity index (χ2n) is 5.77. The van der Waals surface area contributed by atoms with E-state index in [2.05, 4.69) is 15.4 Å². The van der Waals surface area contributed by atoms with Crippen molar-refractivity contribution in [3.05, 3.63) is 58.7 Å². The molecule has 2 heterocycles. The third-order valence-corrected chi connectivity index (χ3v) is 4.07. The summed E-state index contributed by atoms with van der Waals surface area (Å²) in [4.78, 5) is 27.9. The van der Waals surface area contributed by atoms with E-state index < -0.39 is 0 Å². The molecule has 25 heavy (non-hydrogen) atoms. The lowest BCUT2D eigenvalue weighted by molar-refractivity contribution is -0.130. The summed E-state index contributed by atoms with van der Waals surface area (Å²) in [6.45, 7) is 0. The van der Waals surface area contributed by atoms with Crippen molar-refractivity contribution < 1.29 is 9.59 Å². The number of pyridine rings is 1. The second-order valence-corrected chi connectivity index (χ2v) is 6.21. The first-order valence-electron chi connectivity index (χ1n) is 7.86. The number of amides is 2. The highest BCUT2D eigenvalue weighted by Crippen LogP contribution is 2.16. The Labute approximate surface area is 150 Å². The molecule has 0 fully saturated rings. The molecule has 1 N–H and O–H groups in total. The maximum atomic E-state index is 12.3. The average Bonchev–Trinajstić information content (AvgIpc) is 2.57. The second kappa shape index (κ2) is 7.44. The molecule has 3 rings (SSSR count). The van der Waals surface area contributed by atoms with E-state index in [1.807, 2.05) is 36.4 Å². The maximum absolute atomic E-state index is 12.3. The Hall–Kier alpha value is -2.73. The molecule has 1 aromatic heterocycles. The van der Waals surface area contributed by atoms with Crippen molar-refractivity contribution in [3.8, 4) is 0 Å². The Morgan fingerprint density at radius 2 is 2.04 bits per heavy atom. The van der Waals surface area contributed by atoms with Gasteiger partial charge >= 0.3 is 0 Å². The molecule has 2 aromatic rings. The summed E-state index contributed by atoms with van der Waals surface area (Å²) in [6, 6.07) is 11.3. The molecule has 0 saturated heterocycles. The molecular weight excluding hydrogens is 340 g/mol. The number of carbonyl (C=O) groups is 2. The number of hydrogen-bond donors (Lipinski definition) is 1. The van der Waals surface area contributed by atoms with Gasteiger partial charge in [0.2, 0.25) is 5.91 Å². The van der Waals surface area contributed by atoms with E-state index in [1.165, 1.54) is 5.01 Å². The van der Waals surface area contributed by atoms with Crippen molar-refractivity contribution in [2.45, 2.75) is 19.3 Å². The highest BCUT2D eigenvalue weighted by atomic mass is 35.5. The Morgan fingerprint density at radius 3 is 2.80 bits per heavy atom. The molecule has 0 radical (unpaired) electrons. The summed E-state index contributed by atoms with van der Waals surface area (Å²) in [5.41, 5.74) is 2.40. The van der Waals surface area contributed by atoms with Crippen LogP contribution in [-0.2, 0) is 16.0 Å². The van der Waals surface area contributed by atoms with Crippen molar-refractivity contribution >= 4 is 34.9 Å². The number of aromatic nitrogens is 1. The van der Waals surface area contributed by atoms with Crippen LogP contribution < -0.4 is 5.32 Å². The quantitative estimate of drug-likeness (QED) is 0.915. The third-order valence-electron chi connectivity index (χ3n) is 3.83. The number of nitrogens with zero attached hydrogens (tertiary/aromatic N) is 3. The third kappa shape index (κ3) is 4.42. The smallest absolute Gasteiger partial charge is 0.273 e. The van der Waals surface area contributed by atoms with E-state index in [4.69, 9.17) is 11.6 Å². The van der Waals surface area contributed by atoms with Gasteiger partial charge in [0.25, 0.3) is 5.91 Å². The molecular formula is C18H17ClN4O2. The molecule has 1 aromatic carbocycles. The van der Waals surface area contributed by atoms with Gasteiger partial charge in [-0.3, -0.25) is 9.59 Å². The van der Waals surface area contributed by atoms with Crippen LogP contribution >= 0.6 is 11.6 Å². The van der Waals surface area contributed by atoms with Crippen LogP contribution in [0.2, 0.25) is 5.02 Å². The maximum Gasteiger partial charge on any atom is 0.273 e. The van der Waals surface area contributed by atoms with Crippen molar-refractivity contribution in [2.75, 3.05) is 12.4 Å². The zero-order valence-electron chi connectivity index (χ0n) is 13.7. The van der Waals surface area contributed by atoms with Crippen LogP contribution in [0.3, 0.4) is 0 Å². The molecule has 7 heteroatoms. The lowest BCUT2D eigenvalue weighted by atomic mass is 10.1. The number of rotatable bonds is 4. The zero-order valence-corrected chi connectivity index (χ0v) is 14.5. The van der Waals surface area contributed by atoms with Gasteiger partial charge in [-0.05, 0) is 41.8 Å². The fraction of sp³-hybridized carbons (Fsp3) is 0.222. The van der Waals surface area contributed by atoms with E-state index in [-0.39, 0.29) is 18.2 Å². The summed E-state index contributed by atoms with van der Waals surface area (Å²) >= 11 is 6.01. The van der Waals surface area contributed by atoms with Crippen molar-refractivity contribution in [1.29, 1.82) is 0 Å². The molecule has 1 aliphatic rings. The summed E-state index contributed by atoms with van der Waals surface area (Å²) in [5.74, 6) is 0.0109. The van der Waals surface area contributed by atoms with Gasteiger partial charge in [0.1, 0.15) is 11.5 Å². The SMILES string of the molecule is CN1N=C(C(=O)Nc2cc(Cc3cccc(Cl)c3)ccn2)CCC1=O. The molecule has 6 nitrogen and oxygen atoms in total. The van der Waals surface area contributed by atoms with Gasteiger partial charge < -0.3 is 5.32 Å². The van der Waals surface area contributed by atoms with E-state index in [0.717, 1.165) is 11.1 Å². The number of hydrazone groups is 1. The Balaban J connectivity index is 1.70. The molecule has 0 bridgehead atoms. The van der Waals surface area contributed by atoms with E-state index in [0.29, 0.717) is 29.4 Å². The fourth-order valence-corrected chi connectivity index (χ4v) is 2.77. The number of anilines is 1. The highest BCUT2D eigenvalue weighted by Gasteiger charge is 2.22. The largest absolute Gasteiger partial charge is 0.305 e. The normalized spacial score (nSPS) is 14.2. The number of benzene rings is 1. The van der Waals surface area contributed by atoms with Crippen LogP contribution in [0.5, 0.6) is 0 Å². The first kappa shape index (κ1) is 17.1. The minimum atomic E-state index is -0.341. The van der Waals surface area contributed by atoms with E-state index in [1.54, 1.807) is 13.2 Å². The Morgan fingerprint density at radius 1 is 1.24 bits per heavy atom. The molecule has 0 atom stereocenters. The first-order chi connectivity index (χ1) is 12.0. The number of hydrogen-bond acceptors (Lipinski definition) is 4. The Kier molecular flexibility index (Phi) is 5.09. The van der Waals surface area contributed by atoms with Crippen LogP contribution in [0.15, 0.2) is 47.7 Å². The predicted octanol–water partition coefficient (Wildman–Crippen LogP) is 2.87. The van der Waals surface area contributed by atoms with Gasteiger partial charge in [-0.1, -0.05) is 23.7 Å². The minimum absolute atomic E-state index is 0.0989. The standard InChI is InChI=1S/C18H17ClN4O2/c1-23-17(24)6-5-15(22-23)18(25)21-16-11-13(7-8-20-16)9-12-3-2-4-14(19)10-12/h2-4,7-8,10-11H,5-6,9H2,1H3,(H,20,21,25). The van der Waals surface area contributed by atoms with E-state index in [9.17, 15) is 9.59 Å². The van der Waals surface area contributed by atoms with Gasteiger partial charge in [0.15, 0.2) is 0 Å². The molecule has 0 spiro atoms. The fourth-order valence-electron chi connectivity index (χ4n) is 2.56. The van der Waals surface area contributed by atoms with E-state index >= 15 is 0 Å². The van der Waals surface area contributed by atoms with Crippen molar-refractivity contribution in [3.63, 3.8) is 0 Å². The number of nitrogens with one attached hydrogen (secondary N) is 1. The molecule has 1 aliphatic heterocycles. The van der Waals surface area contributed by atoms with Gasteiger partial charge in [0, 0.05) is 31.1 Å². The summed E-state index contributed by atoms with van der Waals surface area (Å²) in [7, 11) is 1.54. The first-order valence-corrected chi connectivity index (χ1v) is 8.24. The summed E-state index contributed by atoms with van der Waals surface area (Å²) in [5, 5.41) is 8.63. The molecule has 0 unspecified atom stereocenters. The number of halogens is 1. The van der Waals surface area contributed by atoms with Gasteiger partial charge in [-0.25, -0.2) is 9.99 Å². The van der Waals surface area contributed by atoms with Gasteiger partial charge in [-0.15, -0.1) is 0 Å². The summed E-state index contributed by atoms with van der Waals surface area (Å²) < 4.78 is 0. The van der Waals surface area contributed by atoms with Gasteiger partial charge in [-0.2, -0.15) is 5.10 Å². The van der Waals surface area contributed by atoms with Crippen LogP contribution in [0, 0.1) is 0 Å². The molecule has 128 valence electrons. The lowest BCUT2D eigenvalue weighted by Crippen LogP contribution is -2.34. The highest BCUT2D eigenvalue weighted by molar-refractivity contribution is 6.43. The van der Waals surface area contributed by atoms with Gasteiger partial charge in [0.05, 0.1) is 0 Å². The van der Waals surface area contributed by atoms with Crippen LogP contribution in [-0.4, -0.2) is 34.6 Å². The number of carbonyl (C=O) groups excluding carboxylic acids is 2. The topological polar surface area (TPSA) is 74.7 Å². The Bertz CT molecular complexity index is 850. The summed E-state index contributed by atoms with van der Waals surface area (Å²) in [6.07, 6.45) is 2.94. The lowest BCUT2D eigenvalue weighted by Gasteiger charge is -2.18. The van der Waals surface area contributed by atoms with Crippen LogP contribution in [0.4, 0.5) is 5.82 Å². The molecule has 2 amide bonds. The minimum Gasteiger partial charge on any atom is -0.305 e. The molecule has 0 saturated carbocycles. The average molecular weight is 357 g/mol. The van der Waals surface area contributed by atoms with Crippen molar-refractivity contribution in [2.24, 2.45) is 5.10 Å². The van der Waals surface area contributed by atoms with Crippen LogP contribution in [0.1, 0.15) is 24.0 Å².